The van der Waals surface area contributed by atoms with Crippen LogP contribution in [0, 0.1) is 5.92 Å². The maximum Gasteiger partial charge on any atom is 0.0449 e. The van der Waals surface area contributed by atoms with Gasteiger partial charge in [0, 0.05) is 15.5 Å². The highest BCUT2D eigenvalue weighted by atomic mass is 79.9. The van der Waals surface area contributed by atoms with E-state index in [0.29, 0.717) is 12.0 Å². The standard InChI is InChI=1S/C17H17BrClN/c1-20-17-13(8-11-4-2-3-5-15(11)17)9-12-6-7-14(18)10-16(12)19/h2-7,10,13,17,20H,8-9H2,1H3. The van der Waals surface area contributed by atoms with E-state index in [1.807, 2.05) is 13.1 Å². The lowest BCUT2D eigenvalue weighted by Gasteiger charge is -2.20. The Morgan fingerprint density at radius 1 is 1.25 bits per heavy atom. The zero-order chi connectivity index (χ0) is 14.1. The molecular formula is C17H17BrClN. The Labute approximate surface area is 133 Å². The van der Waals surface area contributed by atoms with Gasteiger partial charge in [-0.1, -0.05) is 57.9 Å². The predicted molar refractivity (Wildman–Crippen MR) is 88.3 cm³/mol. The average molecular weight is 351 g/mol. The first-order chi connectivity index (χ1) is 9.69. The van der Waals surface area contributed by atoms with Crippen molar-refractivity contribution in [3.63, 3.8) is 0 Å². The summed E-state index contributed by atoms with van der Waals surface area (Å²) in [6.07, 6.45) is 2.13. The number of hydrogen-bond acceptors (Lipinski definition) is 1. The zero-order valence-corrected chi connectivity index (χ0v) is 13.7. The molecule has 2 unspecified atom stereocenters. The molecule has 0 saturated carbocycles. The Morgan fingerprint density at radius 3 is 2.80 bits per heavy atom. The summed E-state index contributed by atoms with van der Waals surface area (Å²) in [5.74, 6) is 0.566. The topological polar surface area (TPSA) is 12.0 Å². The van der Waals surface area contributed by atoms with Gasteiger partial charge in [0.2, 0.25) is 0 Å². The van der Waals surface area contributed by atoms with Crippen LogP contribution in [0.1, 0.15) is 22.7 Å². The SMILES string of the molecule is CNC1c2ccccc2CC1Cc1ccc(Br)cc1Cl. The van der Waals surface area contributed by atoms with Crippen molar-refractivity contribution in [1.82, 2.24) is 5.32 Å². The molecule has 0 spiro atoms. The molecule has 2 aromatic rings. The van der Waals surface area contributed by atoms with E-state index in [-0.39, 0.29) is 0 Å². The highest BCUT2D eigenvalue weighted by Crippen LogP contribution is 2.38. The fraction of sp³-hybridized carbons (Fsp3) is 0.294. The van der Waals surface area contributed by atoms with Gasteiger partial charge in [-0.25, -0.2) is 0 Å². The summed E-state index contributed by atoms with van der Waals surface area (Å²) in [6.45, 7) is 0. The first kappa shape index (κ1) is 14.1. The first-order valence-electron chi connectivity index (χ1n) is 6.88. The summed E-state index contributed by atoms with van der Waals surface area (Å²) in [6, 6.07) is 15.3. The highest BCUT2D eigenvalue weighted by Gasteiger charge is 2.31. The molecule has 104 valence electrons. The molecule has 3 heteroatoms. The third kappa shape index (κ3) is 2.65. The fourth-order valence-corrected chi connectivity index (χ4v) is 3.98. The minimum atomic E-state index is 0.422. The monoisotopic (exact) mass is 349 g/mol. The van der Waals surface area contributed by atoms with Crippen LogP contribution in [0.3, 0.4) is 0 Å². The van der Waals surface area contributed by atoms with Gasteiger partial charge in [-0.15, -0.1) is 0 Å². The molecule has 0 amide bonds. The van der Waals surface area contributed by atoms with E-state index in [9.17, 15) is 0 Å². The van der Waals surface area contributed by atoms with Gasteiger partial charge in [0.25, 0.3) is 0 Å². The summed E-state index contributed by atoms with van der Waals surface area (Å²) in [5.41, 5.74) is 4.13. The Morgan fingerprint density at radius 2 is 2.05 bits per heavy atom. The molecule has 0 heterocycles. The molecule has 2 aromatic carbocycles. The number of hydrogen-bond donors (Lipinski definition) is 1. The molecule has 2 atom stereocenters. The van der Waals surface area contributed by atoms with Crippen molar-refractivity contribution in [2.45, 2.75) is 18.9 Å². The number of fused-ring (bicyclic) bond motifs is 1. The minimum Gasteiger partial charge on any atom is -0.313 e. The Bertz CT molecular complexity index is 626. The van der Waals surface area contributed by atoms with Crippen molar-refractivity contribution in [1.29, 1.82) is 0 Å². The quantitative estimate of drug-likeness (QED) is 0.840. The predicted octanol–water partition coefficient (Wildman–Crippen LogP) is 4.78. The lowest BCUT2D eigenvalue weighted by atomic mass is 9.93. The lowest BCUT2D eigenvalue weighted by Crippen LogP contribution is -2.23. The van der Waals surface area contributed by atoms with Gasteiger partial charge in [-0.2, -0.15) is 0 Å². The highest BCUT2D eigenvalue weighted by molar-refractivity contribution is 9.10. The molecule has 3 rings (SSSR count). The van der Waals surface area contributed by atoms with Crippen LogP contribution in [0.4, 0.5) is 0 Å². The van der Waals surface area contributed by atoms with E-state index in [1.54, 1.807) is 0 Å². The zero-order valence-electron chi connectivity index (χ0n) is 11.4. The largest absolute Gasteiger partial charge is 0.313 e. The third-order valence-corrected chi connectivity index (χ3v) is 5.00. The van der Waals surface area contributed by atoms with Gasteiger partial charge in [0.15, 0.2) is 0 Å². The Hall–Kier alpha value is -0.830. The van der Waals surface area contributed by atoms with Crippen LogP contribution in [-0.4, -0.2) is 7.05 Å². The van der Waals surface area contributed by atoms with Crippen LogP contribution in [0.2, 0.25) is 5.02 Å². The second-order valence-electron chi connectivity index (χ2n) is 5.37. The van der Waals surface area contributed by atoms with Crippen LogP contribution in [0.25, 0.3) is 0 Å². The Kier molecular flexibility index (Phi) is 4.16. The van der Waals surface area contributed by atoms with E-state index in [0.717, 1.165) is 22.3 Å². The van der Waals surface area contributed by atoms with Crippen molar-refractivity contribution in [3.05, 3.63) is 68.7 Å². The molecule has 0 aliphatic heterocycles. The number of rotatable bonds is 3. The van der Waals surface area contributed by atoms with E-state index in [1.165, 1.54) is 16.7 Å². The summed E-state index contributed by atoms with van der Waals surface area (Å²) < 4.78 is 1.03. The van der Waals surface area contributed by atoms with Gasteiger partial charge in [0.1, 0.15) is 0 Å². The number of halogens is 2. The van der Waals surface area contributed by atoms with Crippen LogP contribution in [0.15, 0.2) is 46.9 Å². The van der Waals surface area contributed by atoms with E-state index >= 15 is 0 Å². The molecule has 20 heavy (non-hydrogen) atoms. The van der Waals surface area contributed by atoms with Gasteiger partial charge in [-0.05, 0) is 54.6 Å². The maximum absolute atomic E-state index is 6.36. The second-order valence-corrected chi connectivity index (χ2v) is 6.69. The smallest absolute Gasteiger partial charge is 0.0449 e. The van der Waals surface area contributed by atoms with Gasteiger partial charge in [0.05, 0.1) is 0 Å². The third-order valence-electron chi connectivity index (χ3n) is 4.15. The van der Waals surface area contributed by atoms with Crippen molar-refractivity contribution in [2.75, 3.05) is 7.05 Å². The normalized spacial score (nSPS) is 20.9. The van der Waals surface area contributed by atoms with Gasteiger partial charge in [-0.3, -0.25) is 0 Å². The van der Waals surface area contributed by atoms with E-state index in [2.05, 4.69) is 57.6 Å². The van der Waals surface area contributed by atoms with Crippen LogP contribution in [-0.2, 0) is 12.8 Å². The molecule has 1 N–H and O–H groups in total. The fourth-order valence-electron chi connectivity index (χ4n) is 3.23. The van der Waals surface area contributed by atoms with Gasteiger partial charge < -0.3 is 5.32 Å². The summed E-state index contributed by atoms with van der Waals surface area (Å²) in [5, 5.41) is 4.32. The molecule has 1 aliphatic carbocycles. The number of benzene rings is 2. The van der Waals surface area contributed by atoms with Crippen molar-refractivity contribution in [3.8, 4) is 0 Å². The summed E-state index contributed by atoms with van der Waals surface area (Å²) in [7, 11) is 2.04. The second kappa shape index (κ2) is 5.88. The van der Waals surface area contributed by atoms with Crippen molar-refractivity contribution in [2.24, 2.45) is 5.92 Å². The maximum atomic E-state index is 6.36. The summed E-state index contributed by atoms with van der Waals surface area (Å²) in [4.78, 5) is 0. The van der Waals surface area contributed by atoms with Crippen LogP contribution in [0.5, 0.6) is 0 Å². The minimum absolute atomic E-state index is 0.422. The summed E-state index contributed by atoms with van der Waals surface area (Å²) >= 11 is 9.82. The molecule has 1 aliphatic rings. The Balaban J connectivity index is 1.85. The molecule has 1 nitrogen and oxygen atoms in total. The van der Waals surface area contributed by atoms with Crippen molar-refractivity contribution >= 4 is 27.5 Å². The molecule has 0 radical (unpaired) electrons. The molecule has 0 bridgehead atoms. The average Bonchev–Trinajstić information content (AvgIpc) is 2.79. The molecule has 0 fully saturated rings. The number of nitrogens with one attached hydrogen (secondary N) is 1. The van der Waals surface area contributed by atoms with E-state index < -0.39 is 0 Å². The van der Waals surface area contributed by atoms with Crippen LogP contribution >= 0.6 is 27.5 Å². The molecule has 0 aromatic heterocycles. The first-order valence-corrected chi connectivity index (χ1v) is 8.05. The van der Waals surface area contributed by atoms with E-state index in [4.69, 9.17) is 11.6 Å². The molecular weight excluding hydrogens is 334 g/mol. The van der Waals surface area contributed by atoms with Crippen LogP contribution < -0.4 is 5.32 Å². The molecule has 0 saturated heterocycles. The lowest BCUT2D eigenvalue weighted by molar-refractivity contribution is 0.410. The van der Waals surface area contributed by atoms with Gasteiger partial charge >= 0.3 is 0 Å². The van der Waals surface area contributed by atoms with Crippen molar-refractivity contribution < 1.29 is 0 Å².